The van der Waals surface area contributed by atoms with E-state index >= 15 is 0 Å². The molecule has 0 atom stereocenters. The zero-order valence-electron chi connectivity index (χ0n) is 23.0. The van der Waals surface area contributed by atoms with E-state index in [1.54, 1.807) is 0 Å². The molecular weight excluding hydrogens is 644 g/mol. The van der Waals surface area contributed by atoms with Gasteiger partial charge in [0, 0.05) is 0 Å². The quantitative estimate of drug-likeness (QED) is 0.233. The van der Waals surface area contributed by atoms with Gasteiger partial charge < -0.3 is 17.2 Å². The normalized spacial score (nSPS) is 12.2. The molecule has 0 fully saturated rings. The van der Waals surface area contributed by atoms with Crippen molar-refractivity contribution in [1.82, 2.24) is 0 Å². The molecule has 252 valence electrons. The van der Waals surface area contributed by atoms with Crippen LogP contribution < -0.4 is 17.2 Å². The van der Waals surface area contributed by atoms with Crippen LogP contribution in [0.15, 0.2) is 54.6 Å². The minimum atomic E-state index is -4.81. The second kappa shape index (κ2) is 16.2. The van der Waals surface area contributed by atoms with E-state index in [2.05, 4.69) is 0 Å². The van der Waals surface area contributed by atoms with Crippen LogP contribution in [0.25, 0.3) is 0 Å². The van der Waals surface area contributed by atoms with Gasteiger partial charge in [-0.15, -0.1) is 0 Å². The maximum absolute atomic E-state index is 13.2. The molecule has 0 radical (unpaired) electrons. The molecule has 0 aliphatic carbocycles. The highest BCUT2D eigenvalue weighted by Gasteiger charge is 2.38. The molecule has 0 bridgehead atoms. The van der Waals surface area contributed by atoms with Gasteiger partial charge in [0.15, 0.2) is 0 Å². The van der Waals surface area contributed by atoms with Crippen LogP contribution in [0.4, 0.5) is 61.5 Å². The number of hydrogen-bond donors (Lipinski definition) is 3. The Morgan fingerprint density at radius 1 is 0.467 bits per heavy atom. The van der Waals surface area contributed by atoms with Crippen molar-refractivity contribution in [1.29, 1.82) is 0 Å². The summed E-state index contributed by atoms with van der Waals surface area (Å²) >= 11 is 0. The molecule has 0 aliphatic heterocycles. The standard InChI is InChI=1S/C10H9F6N.2C9H9F4N/c11-9(12,13)7-2-1-6(3-4-17)8(5-7)10(14,15)16;10-8-2-1-6(3-4-14)5-7(8)9(11,12)13;10-8-6(4-5-14)2-1-3-7(8)9(11,12)13/h1-2,5H,3-4,17H2;1-2,5H,3-4,14H2;1-3H,4-5,14H2. The first-order chi connectivity index (χ1) is 20.6. The fraction of sp³-hybridized carbons (Fsp3) is 0.357. The summed E-state index contributed by atoms with van der Waals surface area (Å²) in [7, 11) is 0. The smallest absolute Gasteiger partial charge is 0.330 e. The molecule has 3 aromatic rings. The molecule has 3 nitrogen and oxygen atoms in total. The molecular formula is C28H27F14N3. The molecule has 0 heterocycles. The van der Waals surface area contributed by atoms with Gasteiger partial charge in [-0.05, 0) is 85.9 Å². The summed E-state index contributed by atoms with van der Waals surface area (Å²) in [5.41, 5.74) is 10.5. The number of hydrogen-bond acceptors (Lipinski definition) is 3. The van der Waals surface area contributed by atoms with E-state index in [0.717, 1.165) is 24.3 Å². The summed E-state index contributed by atoms with van der Waals surface area (Å²) in [5.74, 6) is -2.47. The van der Waals surface area contributed by atoms with Crippen molar-refractivity contribution in [3.63, 3.8) is 0 Å². The molecule has 3 rings (SSSR count). The third kappa shape index (κ3) is 12.5. The van der Waals surface area contributed by atoms with Crippen LogP contribution in [0.1, 0.15) is 38.9 Å². The maximum atomic E-state index is 13.2. The van der Waals surface area contributed by atoms with Crippen molar-refractivity contribution in [2.75, 3.05) is 19.6 Å². The predicted molar refractivity (Wildman–Crippen MR) is 138 cm³/mol. The Bertz CT molecular complexity index is 1350. The molecule has 0 spiro atoms. The zero-order chi connectivity index (χ0) is 34.8. The first-order valence-electron chi connectivity index (χ1n) is 12.7. The van der Waals surface area contributed by atoms with Crippen LogP contribution in [-0.2, 0) is 44.0 Å². The molecule has 0 amide bonds. The fourth-order valence-corrected chi connectivity index (χ4v) is 3.65. The monoisotopic (exact) mass is 671 g/mol. The Kier molecular flexibility index (Phi) is 14.3. The van der Waals surface area contributed by atoms with Crippen molar-refractivity contribution < 1.29 is 61.5 Å². The average Bonchev–Trinajstić information content (AvgIpc) is 2.90. The van der Waals surface area contributed by atoms with Crippen LogP contribution in [0.5, 0.6) is 0 Å². The second-order valence-corrected chi connectivity index (χ2v) is 9.07. The van der Waals surface area contributed by atoms with E-state index in [1.165, 1.54) is 18.2 Å². The molecule has 6 N–H and O–H groups in total. The van der Waals surface area contributed by atoms with E-state index in [9.17, 15) is 61.5 Å². The topological polar surface area (TPSA) is 78.1 Å². The van der Waals surface area contributed by atoms with Gasteiger partial charge >= 0.3 is 24.7 Å². The molecule has 45 heavy (non-hydrogen) atoms. The summed E-state index contributed by atoms with van der Waals surface area (Å²) in [5, 5.41) is 0. The molecule has 0 aromatic heterocycles. The number of benzene rings is 3. The van der Waals surface area contributed by atoms with Crippen molar-refractivity contribution in [2.45, 2.75) is 44.0 Å². The molecule has 0 aliphatic rings. The lowest BCUT2D eigenvalue weighted by Gasteiger charge is -2.15. The number of alkyl halides is 12. The van der Waals surface area contributed by atoms with E-state index in [0.29, 0.717) is 18.1 Å². The summed E-state index contributed by atoms with van der Waals surface area (Å²) in [6, 6.07) is 7.67. The molecule has 0 saturated heterocycles. The van der Waals surface area contributed by atoms with E-state index in [-0.39, 0.29) is 49.7 Å². The largest absolute Gasteiger partial charge is 0.419 e. The molecule has 17 heteroatoms. The van der Waals surface area contributed by atoms with Crippen LogP contribution in [0.3, 0.4) is 0 Å². The SMILES string of the molecule is NCCc1ccc(C(F)(F)F)cc1C(F)(F)F.NCCc1ccc(F)c(C(F)(F)F)c1.NCCc1cccc(C(F)(F)F)c1F. The zero-order valence-corrected chi connectivity index (χ0v) is 23.0. The van der Waals surface area contributed by atoms with Crippen LogP contribution in [0, 0.1) is 11.6 Å². The Morgan fingerprint density at radius 3 is 1.44 bits per heavy atom. The first-order valence-corrected chi connectivity index (χ1v) is 12.7. The summed E-state index contributed by atoms with van der Waals surface area (Å²) in [6.45, 7) is 0.301. The Hall–Kier alpha value is -3.44. The van der Waals surface area contributed by atoms with Gasteiger partial charge in [0.2, 0.25) is 0 Å². The van der Waals surface area contributed by atoms with Crippen molar-refractivity contribution in [3.8, 4) is 0 Å². The summed E-state index contributed by atoms with van der Waals surface area (Å²) in [6.07, 6.45) is -18.6. The minimum Gasteiger partial charge on any atom is -0.330 e. The van der Waals surface area contributed by atoms with Crippen LogP contribution in [-0.4, -0.2) is 19.6 Å². The van der Waals surface area contributed by atoms with Gasteiger partial charge in [-0.2, -0.15) is 52.7 Å². The first kappa shape index (κ1) is 39.6. The van der Waals surface area contributed by atoms with E-state index in [1.807, 2.05) is 0 Å². The summed E-state index contributed by atoms with van der Waals surface area (Å²) < 4.78 is 174. The van der Waals surface area contributed by atoms with Crippen molar-refractivity contribution >= 4 is 0 Å². The Morgan fingerprint density at radius 2 is 0.978 bits per heavy atom. The lowest BCUT2D eigenvalue weighted by atomic mass is 10.0. The summed E-state index contributed by atoms with van der Waals surface area (Å²) in [4.78, 5) is 0. The third-order valence-electron chi connectivity index (χ3n) is 5.72. The lowest BCUT2D eigenvalue weighted by molar-refractivity contribution is -0.144. The maximum Gasteiger partial charge on any atom is 0.419 e. The van der Waals surface area contributed by atoms with Gasteiger partial charge in [0.05, 0.1) is 22.3 Å². The second-order valence-electron chi connectivity index (χ2n) is 9.07. The molecule has 0 unspecified atom stereocenters. The molecule has 3 aromatic carbocycles. The van der Waals surface area contributed by atoms with Gasteiger partial charge in [0.25, 0.3) is 0 Å². The van der Waals surface area contributed by atoms with Crippen molar-refractivity contribution in [2.24, 2.45) is 17.2 Å². The third-order valence-corrected chi connectivity index (χ3v) is 5.72. The minimum absolute atomic E-state index is 0.00215. The Labute approximate surface area is 248 Å². The predicted octanol–water partition coefficient (Wildman–Crippen LogP) is 7.92. The number of halogens is 14. The number of rotatable bonds is 6. The highest BCUT2D eigenvalue weighted by atomic mass is 19.4. The van der Waals surface area contributed by atoms with Gasteiger partial charge in [-0.25, -0.2) is 8.78 Å². The molecule has 0 saturated carbocycles. The number of nitrogens with two attached hydrogens (primary N) is 3. The average molecular weight is 672 g/mol. The fourth-order valence-electron chi connectivity index (χ4n) is 3.65. The lowest BCUT2D eigenvalue weighted by Crippen LogP contribution is -2.15. The van der Waals surface area contributed by atoms with Gasteiger partial charge in [-0.1, -0.05) is 24.3 Å². The van der Waals surface area contributed by atoms with E-state index < -0.39 is 58.6 Å². The van der Waals surface area contributed by atoms with Crippen LogP contribution in [0.2, 0.25) is 0 Å². The van der Waals surface area contributed by atoms with Crippen LogP contribution >= 0.6 is 0 Å². The van der Waals surface area contributed by atoms with Gasteiger partial charge in [-0.3, -0.25) is 0 Å². The van der Waals surface area contributed by atoms with E-state index in [4.69, 9.17) is 17.2 Å². The van der Waals surface area contributed by atoms with Crippen molar-refractivity contribution in [3.05, 3.63) is 105 Å². The highest BCUT2D eigenvalue weighted by molar-refractivity contribution is 5.36. The van der Waals surface area contributed by atoms with Gasteiger partial charge in [0.1, 0.15) is 11.6 Å². The highest BCUT2D eigenvalue weighted by Crippen LogP contribution is 2.37. The Balaban J connectivity index is 0.000000340.